The largest absolute Gasteiger partial charge is 0.506 e. The van der Waals surface area contributed by atoms with Gasteiger partial charge in [0, 0.05) is 16.8 Å². The molecule has 0 aliphatic carbocycles. The molecule has 0 heterocycles. The van der Waals surface area contributed by atoms with Crippen LogP contribution in [0.3, 0.4) is 0 Å². The zero-order valence-corrected chi connectivity index (χ0v) is 23.7. The molecule has 212 valence electrons. The number of phenolic OH excluding ortho intramolecular Hbond substituents is 2. The molecular formula is C29H29N5O6S. The normalized spacial score (nSPS) is 11.9. The van der Waals surface area contributed by atoms with E-state index in [1.54, 1.807) is 56.3 Å². The van der Waals surface area contributed by atoms with Gasteiger partial charge in [0.05, 0.1) is 35.7 Å². The Kier molecular flexibility index (Phi) is 8.62. The maximum Gasteiger partial charge on any atom is 0.178 e. The van der Waals surface area contributed by atoms with Gasteiger partial charge in [-0.1, -0.05) is 6.92 Å². The fraction of sp³-hybridized carbons (Fsp3) is 0.207. The van der Waals surface area contributed by atoms with Gasteiger partial charge in [0.15, 0.2) is 15.6 Å². The number of phenols is 2. The van der Waals surface area contributed by atoms with Crippen LogP contribution in [-0.2, 0) is 14.6 Å². The number of rotatable bonds is 10. The number of ether oxygens (including phenoxy) is 1. The van der Waals surface area contributed by atoms with Crippen molar-refractivity contribution < 1.29 is 28.2 Å². The van der Waals surface area contributed by atoms with Gasteiger partial charge >= 0.3 is 0 Å². The number of anilines is 1. The highest BCUT2D eigenvalue weighted by molar-refractivity contribution is 7.91. The zero-order valence-electron chi connectivity index (χ0n) is 22.9. The van der Waals surface area contributed by atoms with Crippen molar-refractivity contribution in [1.29, 1.82) is 0 Å². The minimum absolute atomic E-state index is 0.0137. The average molecular weight is 576 g/mol. The quantitative estimate of drug-likeness (QED) is 0.168. The van der Waals surface area contributed by atoms with Crippen molar-refractivity contribution in [2.24, 2.45) is 20.5 Å². The van der Waals surface area contributed by atoms with Crippen molar-refractivity contribution in [3.05, 3.63) is 66.2 Å². The summed E-state index contributed by atoms with van der Waals surface area (Å²) in [6.45, 7) is 4.83. The van der Waals surface area contributed by atoms with Crippen LogP contribution in [0.5, 0.6) is 17.2 Å². The van der Waals surface area contributed by atoms with Crippen molar-refractivity contribution in [2.45, 2.75) is 25.7 Å². The number of sulfone groups is 1. The van der Waals surface area contributed by atoms with E-state index in [0.717, 1.165) is 0 Å². The van der Waals surface area contributed by atoms with E-state index in [2.05, 4.69) is 25.8 Å². The molecule has 11 nitrogen and oxygen atoms in total. The third-order valence-electron chi connectivity index (χ3n) is 6.26. The maximum atomic E-state index is 12.2. The highest BCUT2D eigenvalue weighted by Crippen LogP contribution is 2.43. The van der Waals surface area contributed by atoms with Gasteiger partial charge in [0.25, 0.3) is 0 Å². The van der Waals surface area contributed by atoms with Crippen LogP contribution in [0, 0.1) is 6.92 Å². The maximum absolute atomic E-state index is 12.2. The van der Waals surface area contributed by atoms with Crippen molar-refractivity contribution in [2.75, 3.05) is 24.7 Å². The lowest BCUT2D eigenvalue weighted by Gasteiger charge is -2.12. The molecule has 4 rings (SSSR count). The number of benzene rings is 4. The van der Waals surface area contributed by atoms with E-state index in [-0.39, 0.29) is 45.9 Å². The van der Waals surface area contributed by atoms with Crippen molar-refractivity contribution in [3.63, 3.8) is 0 Å². The van der Waals surface area contributed by atoms with Crippen LogP contribution >= 0.6 is 0 Å². The summed E-state index contributed by atoms with van der Waals surface area (Å²) in [5.74, 6) is 0.107. The second kappa shape index (κ2) is 12.1. The van der Waals surface area contributed by atoms with Gasteiger partial charge in [-0.3, -0.25) is 4.79 Å². The summed E-state index contributed by atoms with van der Waals surface area (Å²) in [4.78, 5) is 11.9. The Hall–Kier alpha value is -4.84. The van der Waals surface area contributed by atoms with Crippen LogP contribution in [0.4, 0.5) is 28.4 Å². The summed E-state index contributed by atoms with van der Waals surface area (Å²) >= 11 is 0. The molecule has 0 saturated heterocycles. The molecule has 0 amide bonds. The molecule has 0 saturated carbocycles. The molecule has 0 bridgehead atoms. The van der Waals surface area contributed by atoms with Crippen molar-refractivity contribution in [3.8, 4) is 17.2 Å². The number of aromatic hydroxyl groups is 2. The minimum atomic E-state index is -3.37. The van der Waals surface area contributed by atoms with E-state index in [1.165, 1.54) is 32.2 Å². The topological polar surface area (TPSA) is 162 Å². The summed E-state index contributed by atoms with van der Waals surface area (Å²) in [7, 11) is -1.88. The Balaban J connectivity index is 1.77. The molecule has 0 aliphatic heterocycles. The van der Waals surface area contributed by atoms with Gasteiger partial charge in [-0.05, 0) is 74.0 Å². The molecule has 41 heavy (non-hydrogen) atoms. The third-order valence-corrected chi connectivity index (χ3v) is 8.00. The van der Waals surface area contributed by atoms with Crippen LogP contribution in [0.1, 0.15) is 19.4 Å². The first kappa shape index (κ1) is 29.2. The number of aryl methyl sites for hydroxylation is 1. The monoisotopic (exact) mass is 575 g/mol. The Morgan fingerprint density at radius 1 is 0.878 bits per heavy atom. The van der Waals surface area contributed by atoms with Gasteiger partial charge in [-0.25, -0.2) is 8.42 Å². The van der Waals surface area contributed by atoms with E-state index < -0.39 is 9.84 Å². The molecule has 0 fully saturated rings. The van der Waals surface area contributed by atoms with E-state index in [0.29, 0.717) is 39.1 Å². The SMILES string of the molecule is CCS(=O)(=O)c1ccc(/N=N/c2c(NCC(C)=O)ccc3c(O)c(/N=N/c4cc(OC)ccc4O)ccc23)c(C)c1. The van der Waals surface area contributed by atoms with Crippen LogP contribution in [0.2, 0.25) is 0 Å². The van der Waals surface area contributed by atoms with Crippen LogP contribution in [0.25, 0.3) is 10.8 Å². The number of carbonyl (C=O) groups excluding carboxylic acids is 1. The van der Waals surface area contributed by atoms with Gasteiger partial charge in [-0.2, -0.15) is 5.11 Å². The number of carbonyl (C=O) groups is 1. The molecule has 0 unspecified atom stereocenters. The summed E-state index contributed by atoms with van der Waals surface area (Å²) in [5, 5.41) is 42.1. The molecule has 4 aromatic carbocycles. The van der Waals surface area contributed by atoms with E-state index in [4.69, 9.17) is 4.74 Å². The molecule has 3 N–H and O–H groups in total. The molecule has 0 radical (unpaired) electrons. The highest BCUT2D eigenvalue weighted by atomic mass is 32.2. The lowest BCUT2D eigenvalue weighted by molar-refractivity contribution is -0.115. The smallest absolute Gasteiger partial charge is 0.178 e. The second-order valence-corrected chi connectivity index (χ2v) is 11.4. The van der Waals surface area contributed by atoms with Crippen LogP contribution in [0.15, 0.2) is 86.0 Å². The van der Waals surface area contributed by atoms with E-state index >= 15 is 0 Å². The van der Waals surface area contributed by atoms with Gasteiger partial charge < -0.3 is 20.3 Å². The number of hydrogen-bond acceptors (Lipinski definition) is 11. The fourth-order valence-corrected chi connectivity index (χ4v) is 4.90. The Bertz CT molecular complexity index is 1800. The Morgan fingerprint density at radius 3 is 2.24 bits per heavy atom. The van der Waals surface area contributed by atoms with E-state index in [9.17, 15) is 23.4 Å². The Morgan fingerprint density at radius 2 is 1.56 bits per heavy atom. The molecular weight excluding hydrogens is 546 g/mol. The van der Waals surface area contributed by atoms with Gasteiger partial charge in [-0.15, -0.1) is 15.3 Å². The molecule has 0 spiro atoms. The van der Waals surface area contributed by atoms with Crippen molar-refractivity contribution in [1.82, 2.24) is 0 Å². The summed E-state index contributed by atoms with van der Waals surface area (Å²) in [5.41, 5.74) is 2.26. The lowest BCUT2D eigenvalue weighted by atomic mass is 10.1. The molecule has 4 aromatic rings. The number of ketones is 1. The number of nitrogens with one attached hydrogen (secondary N) is 1. The van der Waals surface area contributed by atoms with Crippen LogP contribution < -0.4 is 10.1 Å². The summed E-state index contributed by atoms with van der Waals surface area (Å²) < 4.78 is 29.7. The first-order valence-corrected chi connectivity index (χ1v) is 14.2. The van der Waals surface area contributed by atoms with Crippen LogP contribution in [-0.4, -0.2) is 43.8 Å². The zero-order chi connectivity index (χ0) is 29.7. The average Bonchev–Trinajstić information content (AvgIpc) is 2.95. The number of methoxy groups -OCH3 is 1. The van der Waals surface area contributed by atoms with Gasteiger partial charge in [0.2, 0.25) is 0 Å². The summed E-state index contributed by atoms with van der Waals surface area (Å²) in [6.07, 6.45) is 0. The predicted octanol–water partition coefficient (Wildman–Crippen LogP) is 7.19. The second-order valence-electron chi connectivity index (χ2n) is 9.15. The van der Waals surface area contributed by atoms with Gasteiger partial charge in [0.1, 0.15) is 34.3 Å². The highest BCUT2D eigenvalue weighted by Gasteiger charge is 2.15. The molecule has 0 aromatic heterocycles. The summed E-state index contributed by atoms with van der Waals surface area (Å²) in [6, 6.07) is 15.7. The van der Waals surface area contributed by atoms with E-state index in [1.807, 2.05) is 0 Å². The predicted molar refractivity (Wildman–Crippen MR) is 157 cm³/mol. The Labute approximate surface area is 237 Å². The molecule has 12 heteroatoms. The number of Topliss-reactive ketones (excluding diaryl/α,β-unsaturated/α-hetero) is 1. The number of azo groups is 2. The first-order chi connectivity index (χ1) is 19.5. The standard InChI is InChI=1S/C29H29N5O6S/c1-5-41(38,39)20-7-10-23(17(2)14-20)31-34-28-21-8-12-25(32-33-26-15-19(40-4)6-13-27(26)36)29(37)22(21)9-11-24(28)30-16-18(3)35/h6-15,30,36-37H,5,16H2,1-4H3/b33-32+,34-31+. The number of fused-ring (bicyclic) bond motifs is 1. The number of nitrogens with zero attached hydrogens (tertiary/aromatic N) is 4. The molecule has 0 aliphatic rings. The van der Waals surface area contributed by atoms with Crippen molar-refractivity contribution >= 4 is 54.8 Å². The fourth-order valence-electron chi connectivity index (χ4n) is 3.94. The molecule has 0 atom stereocenters. The number of hydrogen-bond donors (Lipinski definition) is 3. The third kappa shape index (κ3) is 6.49. The minimum Gasteiger partial charge on any atom is -0.506 e. The lowest BCUT2D eigenvalue weighted by Crippen LogP contribution is -2.09. The first-order valence-electron chi connectivity index (χ1n) is 12.6.